The molecule has 8 nitrogen and oxygen atoms in total. The van der Waals surface area contributed by atoms with Crippen molar-refractivity contribution in [2.75, 3.05) is 13.1 Å². The predicted octanol–water partition coefficient (Wildman–Crippen LogP) is 0.611. The lowest BCUT2D eigenvalue weighted by molar-refractivity contribution is -0.141. The highest BCUT2D eigenvalue weighted by Crippen LogP contribution is 2.03. The number of nitrogens with one attached hydrogen (secondary N) is 3. The first-order chi connectivity index (χ1) is 12.9. The summed E-state index contributed by atoms with van der Waals surface area (Å²) in [5, 5.41) is 16.5. The minimum absolute atomic E-state index is 0.143. The zero-order chi connectivity index (χ0) is 20.1. The van der Waals surface area contributed by atoms with Crippen LogP contribution in [0.1, 0.15) is 38.2 Å². The van der Waals surface area contributed by atoms with Crippen LogP contribution >= 0.6 is 0 Å². The molecule has 0 radical (unpaired) electrons. The molecule has 0 aliphatic rings. The van der Waals surface area contributed by atoms with Gasteiger partial charge in [-0.1, -0.05) is 50.1 Å². The first-order valence-electron chi connectivity index (χ1n) is 9.01. The van der Waals surface area contributed by atoms with Gasteiger partial charge < -0.3 is 21.1 Å². The summed E-state index contributed by atoms with van der Waals surface area (Å²) in [6, 6.07) is 7.84. The van der Waals surface area contributed by atoms with Gasteiger partial charge in [0, 0.05) is 12.8 Å². The molecule has 1 atom stereocenters. The lowest BCUT2D eigenvalue weighted by Crippen LogP contribution is -2.47. The number of carboxylic acids is 1. The van der Waals surface area contributed by atoms with E-state index in [0.29, 0.717) is 6.42 Å². The van der Waals surface area contributed by atoms with Crippen LogP contribution < -0.4 is 16.0 Å². The van der Waals surface area contributed by atoms with E-state index >= 15 is 0 Å². The normalized spacial score (nSPS) is 11.3. The topological polar surface area (TPSA) is 125 Å². The van der Waals surface area contributed by atoms with Crippen LogP contribution in [0, 0.1) is 0 Å². The Kier molecular flexibility index (Phi) is 10.2. The minimum atomic E-state index is -1.15. The van der Waals surface area contributed by atoms with Crippen molar-refractivity contribution in [3.63, 3.8) is 0 Å². The molecule has 0 saturated carbocycles. The number of hydrogen-bond donors (Lipinski definition) is 4. The van der Waals surface area contributed by atoms with Gasteiger partial charge in [-0.2, -0.15) is 0 Å². The van der Waals surface area contributed by atoms with Crippen molar-refractivity contribution in [3.8, 4) is 0 Å². The van der Waals surface area contributed by atoms with Gasteiger partial charge >= 0.3 is 5.97 Å². The van der Waals surface area contributed by atoms with Crippen LogP contribution in [0.15, 0.2) is 30.3 Å². The molecule has 1 aromatic rings. The second kappa shape index (κ2) is 12.5. The molecule has 27 heavy (non-hydrogen) atoms. The van der Waals surface area contributed by atoms with E-state index in [2.05, 4.69) is 16.0 Å². The molecule has 0 aliphatic heterocycles. The largest absolute Gasteiger partial charge is 0.480 e. The molecule has 4 N–H and O–H groups in total. The highest BCUT2D eigenvalue weighted by Gasteiger charge is 2.20. The number of rotatable bonds is 12. The number of carbonyl (C=O) groups is 4. The zero-order valence-corrected chi connectivity index (χ0v) is 15.5. The monoisotopic (exact) mass is 377 g/mol. The standard InChI is InChI=1S/C19H27N3O5/c1-2-3-5-10-16(23)20-12-17(24)21-13-18(25)22-15(19(26)27)11-14-8-6-4-7-9-14/h4,6-9,15H,2-3,5,10-13H2,1H3,(H,20,23)(H,21,24)(H,22,25)(H,26,27)/t15-/m0/s1. The average Bonchev–Trinajstić information content (AvgIpc) is 2.65. The third-order valence-electron chi connectivity index (χ3n) is 3.82. The third kappa shape index (κ3) is 9.98. The number of aliphatic carboxylic acids is 1. The maximum absolute atomic E-state index is 11.9. The number of carbonyl (C=O) groups excluding carboxylic acids is 3. The molecular weight excluding hydrogens is 350 g/mol. The van der Waals surface area contributed by atoms with Crippen molar-refractivity contribution in [1.29, 1.82) is 0 Å². The fourth-order valence-electron chi connectivity index (χ4n) is 2.34. The van der Waals surface area contributed by atoms with Gasteiger partial charge in [-0.05, 0) is 12.0 Å². The summed E-state index contributed by atoms with van der Waals surface area (Å²) in [5.74, 6) is -2.49. The zero-order valence-electron chi connectivity index (χ0n) is 15.5. The second-order valence-electron chi connectivity index (χ2n) is 6.16. The average molecular weight is 377 g/mol. The Morgan fingerprint density at radius 3 is 2.19 bits per heavy atom. The molecule has 0 bridgehead atoms. The fraction of sp³-hybridized carbons (Fsp3) is 0.474. The fourth-order valence-corrected chi connectivity index (χ4v) is 2.34. The van der Waals surface area contributed by atoms with E-state index < -0.39 is 23.8 Å². The Labute approximate surface area is 158 Å². The molecule has 1 rings (SSSR count). The number of benzene rings is 1. The molecule has 0 heterocycles. The lowest BCUT2D eigenvalue weighted by Gasteiger charge is -2.15. The molecule has 3 amide bonds. The maximum atomic E-state index is 11.9. The number of carboxylic acid groups (broad SMARTS) is 1. The molecule has 0 spiro atoms. The Balaban J connectivity index is 2.32. The highest BCUT2D eigenvalue weighted by atomic mass is 16.4. The van der Waals surface area contributed by atoms with E-state index in [1.807, 2.05) is 13.0 Å². The van der Waals surface area contributed by atoms with Gasteiger partial charge in [0.2, 0.25) is 17.7 Å². The van der Waals surface area contributed by atoms with Gasteiger partial charge in [0.1, 0.15) is 6.04 Å². The SMILES string of the molecule is CCCCCC(=O)NCC(=O)NCC(=O)N[C@@H](Cc1ccccc1)C(=O)O. The Bertz CT molecular complexity index is 633. The molecule has 0 aliphatic carbocycles. The molecule has 8 heteroatoms. The van der Waals surface area contributed by atoms with Gasteiger partial charge in [0.05, 0.1) is 13.1 Å². The van der Waals surface area contributed by atoms with E-state index in [1.54, 1.807) is 24.3 Å². The smallest absolute Gasteiger partial charge is 0.326 e. The van der Waals surface area contributed by atoms with Crippen LogP contribution in [0.4, 0.5) is 0 Å². The lowest BCUT2D eigenvalue weighted by atomic mass is 10.1. The van der Waals surface area contributed by atoms with Gasteiger partial charge in [-0.25, -0.2) is 4.79 Å². The molecule has 0 unspecified atom stereocenters. The highest BCUT2D eigenvalue weighted by molar-refractivity contribution is 5.89. The van der Waals surface area contributed by atoms with Crippen molar-refractivity contribution in [2.45, 2.75) is 45.1 Å². The number of hydrogen-bond acceptors (Lipinski definition) is 4. The van der Waals surface area contributed by atoms with Crippen LogP contribution in [0.3, 0.4) is 0 Å². The first kappa shape index (κ1) is 22.1. The van der Waals surface area contributed by atoms with Crippen LogP contribution in [0.5, 0.6) is 0 Å². The van der Waals surface area contributed by atoms with E-state index in [9.17, 15) is 24.3 Å². The summed E-state index contributed by atoms with van der Waals surface area (Å²) in [5.41, 5.74) is 0.778. The van der Waals surface area contributed by atoms with Crippen LogP contribution in [-0.4, -0.2) is 47.9 Å². The van der Waals surface area contributed by atoms with Gasteiger partial charge in [-0.3, -0.25) is 14.4 Å². The van der Waals surface area contributed by atoms with Crippen molar-refractivity contribution < 1.29 is 24.3 Å². The molecule has 0 aromatic heterocycles. The van der Waals surface area contributed by atoms with Gasteiger partial charge in [0.25, 0.3) is 0 Å². The molecule has 1 aromatic carbocycles. The van der Waals surface area contributed by atoms with E-state index in [0.717, 1.165) is 24.8 Å². The second-order valence-corrected chi connectivity index (χ2v) is 6.16. The number of unbranched alkanes of at least 4 members (excludes halogenated alkanes) is 2. The van der Waals surface area contributed by atoms with Gasteiger partial charge in [0.15, 0.2) is 0 Å². The molecule has 0 fully saturated rings. The Morgan fingerprint density at radius 1 is 0.926 bits per heavy atom. The third-order valence-corrected chi connectivity index (χ3v) is 3.82. The summed E-state index contributed by atoms with van der Waals surface area (Å²) < 4.78 is 0. The molecule has 148 valence electrons. The van der Waals surface area contributed by atoms with Gasteiger partial charge in [-0.15, -0.1) is 0 Å². The van der Waals surface area contributed by atoms with Crippen LogP contribution in [0.2, 0.25) is 0 Å². The summed E-state index contributed by atoms with van der Waals surface area (Å²) >= 11 is 0. The van der Waals surface area contributed by atoms with E-state index in [1.165, 1.54) is 0 Å². The van der Waals surface area contributed by atoms with Crippen molar-refractivity contribution >= 4 is 23.7 Å². The predicted molar refractivity (Wildman–Crippen MR) is 99.9 cm³/mol. The summed E-state index contributed by atoms with van der Waals surface area (Å²) in [6.45, 7) is 1.46. The molecular formula is C19H27N3O5. The summed E-state index contributed by atoms with van der Waals surface area (Å²) in [6.07, 6.45) is 3.23. The van der Waals surface area contributed by atoms with E-state index in [-0.39, 0.29) is 25.4 Å². The van der Waals surface area contributed by atoms with Crippen molar-refractivity contribution in [2.24, 2.45) is 0 Å². The first-order valence-corrected chi connectivity index (χ1v) is 9.01. The Morgan fingerprint density at radius 2 is 1.56 bits per heavy atom. The van der Waals surface area contributed by atoms with Crippen molar-refractivity contribution in [3.05, 3.63) is 35.9 Å². The summed E-state index contributed by atoms with van der Waals surface area (Å²) in [4.78, 5) is 46.4. The number of amides is 3. The summed E-state index contributed by atoms with van der Waals surface area (Å²) in [7, 11) is 0. The maximum Gasteiger partial charge on any atom is 0.326 e. The van der Waals surface area contributed by atoms with Crippen LogP contribution in [0.25, 0.3) is 0 Å². The minimum Gasteiger partial charge on any atom is -0.480 e. The quantitative estimate of drug-likeness (QED) is 0.397. The van der Waals surface area contributed by atoms with Crippen LogP contribution in [-0.2, 0) is 25.6 Å². The van der Waals surface area contributed by atoms with Crippen molar-refractivity contribution in [1.82, 2.24) is 16.0 Å². The van der Waals surface area contributed by atoms with E-state index in [4.69, 9.17) is 0 Å². The Hall–Kier alpha value is -2.90. The molecule has 0 saturated heterocycles.